The molecule has 166 valence electrons. The van der Waals surface area contributed by atoms with E-state index in [1.54, 1.807) is 12.3 Å². The van der Waals surface area contributed by atoms with E-state index < -0.39 is 0 Å². The van der Waals surface area contributed by atoms with Crippen molar-refractivity contribution in [2.45, 2.75) is 39.5 Å². The summed E-state index contributed by atoms with van der Waals surface area (Å²) in [6.07, 6.45) is 5.01. The molecular weight excluding hydrogens is 412 g/mol. The van der Waals surface area contributed by atoms with Crippen LogP contribution in [0.1, 0.15) is 40.7 Å². The molecule has 5 rings (SSSR count). The predicted molar refractivity (Wildman–Crippen MR) is 130 cm³/mol. The lowest BCUT2D eigenvalue weighted by Crippen LogP contribution is -2.39. The third-order valence-corrected chi connectivity index (χ3v) is 6.42. The number of carbonyl (C=O) groups is 2. The van der Waals surface area contributed by atoms with Crippen LogP contribution in [0.4, 0.5) is 17.2 Å². The number of amides is 2. The third kappa shape index (κ3) is 4.29. The second-order valence-corrected chi connectivity index (χ2v) is 8.75. The van der Waals surface area contributed by atoms with E-state index >= 15 is 0 Å². The number of hydrogen-bond acceptors (Lipinski definition) is 4. The van der Waals surface area contributed by atoms with Crippen LogP contribution in [-0.4, -0.2) is 29.1 Å². The Morgan fingerprint density at radius 3 is 2.73 bits per heavy atom. The number of pyridine rings is 1. The minimum atomic E-state index is -0.257. The third-order valence-electron chi connectivity index (χ3n) is 6.42. The molecule has 1 N–H and O–H groups in total. The van der Waals surface area contributed by atoms with Crippen LogP contribution in [0, 0.1) is 13.8 Å². The van der Waals surface area contributed by atoms with Crippen LogP contribution < -0.4 is 10.2 Å². The summed E-state index contributed by atoms with van der Waals surface area (Å²) >= 11 is 0. The molecule has 0 spiro atoms. The van der Waals surface area contributed by atoms with Gasteiger partial charge in [0.1, 0.15) is 12.2 Å². The predicted octanol–water partition coefficient (Wildman–Crippen LogP) is 4.68. The second kappa shape index (κ2) is 8.62. The highest BCUT2D eigenvalue weighted by molar-refractivity contribution is 6.18. The minimum Gasteiger partial charge on any atom is -0.325 e. The lowest BCUT2D eigenvalue weighted by atomic mass is 10.0. The van der Waals surface area contributed by atoms with Crippen LogP contribution in [-0.2, 0) is 22.4 Å². The zero-order chi connectivity index (χ0) is 22.9. The number of anilines is 2. The summed E-state index contributed by atoms with van der Waals surface area (Å²) in [5.41, 5.74) is 7.90. The molecule has 0 bridgehead atoms. The molecule has 0 unspecified atom stereocenters. The van der Waals surface area contributed by atoms with E-state index in [2.05, 4.69) is 23.3 Å². The van der Waals surface area contributed by atoms with Crippen molar-refractivity contribution in [3.05, 3.63) is 82.5 Å². The maximum absolute atomic E-state index is 13.3. The molecule has 1 aromatic heterocycles. The van der Waals surface area contributed by atoms with Gasteiger partial charge in [-0.05, 0) is 91.3 Å². The molecule has 2 amide bonds. The molecule has 0 saturated heterocycles. The number of carbonyl (C=O) groups excluding carboxylic acids is 2. The van der Waals surface area contributed by atoms with Gasteiger partial charge < -0.3 is 5.32 Å². The van der Waals surface area contributed by atoms with Gasteiger partial charge in [0.2, 0.25) is 11.8 Å². The lowest BCUT2D eigenvalue weighted by molar-refractivity contribution is -0.120. The molecule has 6 nitrogen and oxygen atoms in total. The molecule has 2 aliphatic rings. The molecular formula is C27H26N4O2. The number of fused-ring (bicyclic) bond motifs is 2. The van der Waals surface area contributed by atoms with Gasteiger partial charge in [0.15, 0.2) is 5.82 Å². The average molecular weight is 439 g/mol. The molecule has 6 heteroatoms. The van der Waals surface area contributed by atoms with Gasteiger partial charge in [0.25, 0.3) is 0 Å². The second-order valence-electron chi connectivity index (χ2n) is 8.75. The van der Waals surface area contributed by atoms with Gasteiger partial charge in [-0.15, -0.1) is 0 Å². The fourth-order valence-corrected chi connectivity index (χ4v) is 4.47. The SMILES string of the molecule is Cc1ccc(C2=Nc3cccnc3N(CC(=O)Nc3ccc4c(c3)CCC4)C(=O)C2)cc1C. The van der Waals surface area contributed by atoms with Crippen molar-refractivity contribution in [1.82, 2.24) is 4.98 Å². The summed E-state index contributed by atoms with van der Waals surface area (Å²) in [5.74, 6) is -0.0495. The molecule has 0 atom stereocenters. The molecule has 2 aromatic carbocycles. The van der Waals surface area contributed by atoms with Gasteiger partial charge in [-0.25, -0.2) is 9.98 Å². The molecule has 0 saturated carbocycles. The summed E-state index contributed by atoms with van der Waals surface area (Å²) in [7, 11) is 0. The van der Waals surface area contributed by atoms with Crippen molar-refractivity contribution in [3.63, 3.8) is 0 Å². The Labute approximate surface area is 193 Å². The van der Waals surface area contributed by atoms with E-state index in [0.29, 0.717) is 17.2 Å². The first-order valence-electron chi connectivity index (χ1n) is 11.3. The van der Waals surface area contributed by atoms with Crippen LogP contribution >= 0.6 is 0 Å². The molecule has 1 aliphatic carbocycles. The Morgan fingerprint density at radius 2 is 1.88 bits per heavy atom. The number of nitrogens with zero attached hydrogens (tertiary/aromatic N) is 3. The fraction of sp³-hybridized carbons (Fsp3) is 0.259. The lowest BCUT2D eigenvalue weighted by Gasteiger charge is -2.20. The van der Waals surface area contributed by atoms with Crippen molar-refractivity contribution in [2.24, 2.45) is 4.99 Å². The summed E-state index contributed by atoms with van der Waals surface area (Å²) in [6.45, 7) is 3.98. The Balaban J connectivity index is 1.40. The molecule has 3 aromatic rings. The van der Waals surface area contributed by atoms with E-state index in [-0.39, 0.29) is 24.8 Å². The molecule has 2 heterocycles. The van der Waals surface area contributed by atoms with Gasteiger partial charge in [0.05, 0.1) is 12.1 Å². The summed E-state index contributed by atoms with van der Waals surface area (Å²) in [4.78, 5) is 36.8. The van der Waals surface area contributed by atoms with Crippen molar-refractivity contribution >= 4 is 34.7 Å². The van der Waals surface area contributed by atoms with Crippen molar-refractivity contribution in [2.75, 3.05) is 16.8 Å². The van der Waals surface area contributed by atoms with Crippen LogP contribution in [0.2, 0.25) is 0 Å². The molecule has 0 fully saturated rings. The van der Waals surface area contributed by atoms with Gasteiger partial charge in [0, 0.05) is 11.9 Å². The number of benzene rings is 2. The van der Waals surface area contributed by atoms with Crippen LogP contribution in [0.5, 0.6) is 0 Å². The minimum absolute atomic E-state index is 0.102. The van der Waals surface area contributed by atoms with Gasteiger partial charge in [-0.3, -0.25) is 14.5 Å². The first-order valence-corrected chi connectivity index (χ1v) is 11.3. The highest BCUT2D eigenvalue weighted by Gasteiger charge is 2.28. The van der Waals surface area contributed by atoms with Crippen molar-refractivity contribution < 1.29 is 9.59 Å². The number of aliphatic imine (C=N–C) groups is 1. The summed E-state index contributed by atoms with van der Waals surface area (Å²) in [5, 5.41) is 2.95. The molecule has 1 aliphatic heterocycles. The summed E-state index contributed by atoms with van der Waals surface area (Å²) in [6, 6.07) is 15.7. The standard InChI is InChI=1S/C27H26N4O2/c1-17-8-9-21(13-18(17)2)24-15-26(33)31(27-23(30-24)7-4-12-28-27)16-25(32)29-22-11-10-19-5-3-6-20(19)14-22/h4,7-14H,3,5-6,15-16H2,1-2H3,(H,29,32). The number of hydrogen-bond donors (Lipinski definition) is 1. The van der Waals surface area contributed by atoms with Gasteiger partial charge in [-0.2, -0.15) is 0 Å². The van der Waals surface area contributed by atoms with E-state index in [1.165, 1.54) is 21.6 Å². The van der Waals surface area contributed by atoms with E-state index in [0.717, 1.165) is 36.1 Å². The van der Waals surface area contributed by atoms with Crippen LogP contribution in [0.3, 0.4) is 0 Å². The summed E-state index contributed by atoms with van der Waals surface area (Å²) < 4.78 is 0. The van der Waals surface area contributed by atoms with E-state index in [4.69, 9.17) is 4.99 Å². The molecule has 0 radical (unpaired) electrons. The maximum Gasteiger partial charge on any atom is 0.244 e. The highest BCUT2D eigenvalue weighted by Crippen LogP contribution is 2.31. The molecule has 33 heavy (non-hydrogen) atoms. The van der Waals surface area contributed by atoms with Crippen LogP contribution in [0.15, 0.2) is 59.7 Å². The topological polar surface area (TPSA) is 74.7 Å². The van der Waals surface area contributed by atoms with Crippen molar-refractivity contribution in [3.8, 4) is 0 Å². The smallest absolute Gasteiger partial charge is 0.244 e. The number of aryl methyl sites for hydroxylation is 4. The highest BCUT2D eigenvalue weighted by atomic mass is 16.2. The number of aromatic nitrogens is 1. The number of nitrogens with one attached hydrogen (secondary N) is 1. The Hall–Kier alpha value is -3.80. The first kappa shape index (κ1) is 21.1. The average Bonchev–Trinajstić information content (AvgIpc) is 3.22. The quantitative estimate of drug-likeness (QED) is 0.643. The monoisotopic (exact) mass is 438 g/mol. The normalized spacial score (nSPS) is 14.9. The maximum atomic E-state index is 13.3. The van der Waals surface area contributed by atoms with Gasteiger partial charge >= 0.3 is 0 Å². The fourth-order valence-electron chi connectivity index (χ4n) is 4.47. The first-order chi connectivity index (χ1) is 16.0. The number of rotatable bonds is 4. The zero-order valence-electron chi connectivity index (χ0n) is 18.9. The zero-order valence-corrected chi connectivity index (χ0v) is 18.9. The van der Waals surface area contributed by atoms with Crippen LogP contribution in [0.25, 0.3) is 0 Å². The van der Waals surface area contributed by atoms with E-state index in [1.807, 2.05) is 43.3 Å². The van der Waals surface area contributed by atoms with E-state index in [9.17, 15) is 9.59 Å². The van der Waals surface area contributed by atoms with Crippen molar-refractivity contribution in [1.29, 1.82) is 0 Å². The Bertz CT molecular complexity index is 1300. The van der Waals surface area contributed by atoms with Gasteiger partial charge in [-0.1, -0.05) is 18.2 Å². The Morgan fingerprint density at radius 1 is 1.03 bits per heavy atom. The Kier molecular flexibility index (Phi) is 5.50. The largest absolute Gasteiger partial charge is 0.325 e.